The average Bonchev–Trinajstić information content (AvgIpc) is 3.13. The van der Waals surface area contributed by atoms with E-state index in [2.05, 4.69) is 28.2 Å². The second-order valence-corrected chi connectivity index (χ2v) is 6.78. The van der Waals surface area contributed by atoms with Gasteiger partial charge in [0.05, 0.1) is 36.1 Å². The molecule has 0 atom stereocenters. The van der Waals surface area contributed by atoms with Crippen molar-refractivity contribution in [3.63, 3.8) is 0 Å². The molecule has 2 aromatic carbocycles. The fourth-order valence-electron chi connectivity index (χ4n) is 3.19. The number of rotatable bonds is 3. The van der Waals surface area contributed by atoms with Crippen LogP contribution in [0.25, 0.3) is 11.1 Å². The van der Waals surface area contributed by atoms with Crippen molar-refractivity contribution in [2.24, 2.45) is 0 Å². The van der Waals surface area contributed by atoms with Gasteiger partial charge in [-0.1, -0.05) is 12.1 Å². The van der Waals surface area contributed by atoms with E-state index in [1.807, 2.05) is 38.1 Å². The van der Waals surface area contributed by atoms with Gasteiger partial charge in [-0.15, -0.1) is 0 Å². The molecule has 0 fully saturated rings. The summed E-state index contributed by atoms with van der Waals surface area (Å²) < 4.78 is 11.6. The monoisotopic (exact) mass is 377 g/mol. The number of fused-ring (bicyclic) bond motifs is 1. The Bertz CT molecular complexity index is 1050. The average molecular weight is 378 g/mol. The van der Waals surface area contributed by atoms with Crippen molar-refractivity contribution in [1.82, 2.24) is 9.97 Å². The molecule has 0 radical (unpaired) electrons. The Hall–Kier alpha value is -2.94. The van der Waals surface area contributed by atoms with E-state index in [0.29, 0.717) is 24.7 Å². The minimum atomic E-state index is 0.152. The van der Waals surface area contributed by atoms with Gasteiger partial charge in [-0.3, -0.25) is 0 Å². The molecular formula is C21H16ClN3O2. The maximum absolute atomic E-state index is 8.95. The summed E-state index contributed by atoms with van der Waals surface area (Å²) in [6.07, 6.45) is 0. The van der Waals surface area contributed by atoms with E-state index in [9.17, 15) is 0 Å². The molecule has 0 bridgehead atoms. The van der Waals surface area contributed by atoms with Gasteiger partial charge in [-0.2, -0.15) is 10.2 Å². The van der Waals surface area contributed by atoms with E-state index in [4.69, 9.17) is 26.3 Å². The highest BCUT2D eigenvalue weighted by atomic mass is 35.5. The quantitative estimate of drug-likeness (QED) is 0.593. The summed E-state index contributed by atoms with van der Waals surface area (Å²) in [5, 5.41) is 9.11. The molecule has 0 amide bonds. The van der Waals surface area contributed by atoms with Gasteiger partial charge in [0.2, 0.25) is 11.2 Å². The number of benzene rings is 2. The zero-order valence-corrected chi connectivity index (χ0v) is 15.7. The number of hydrogen-bond donors (Lipinski definition) is 0. The summed E-state index contributed by atoms with van der Waals surface area (Å²) in [4.78, 5) is 8.44. The van der Waals surface area contributed by atoms with Gasteiger partial charge in [0.15, 0.2) is 0 Å². The lowest BCUT2D eigenvalue weighted by Gasteiger charge is -2.15. The molecule has 0 aliphatic carbocycles. The number of nitriles is 1. The SMILES string of the molecule is Cc1cc(-c2ccc(C#N)cc2)cc(C)c1Oc1nc(Cl)nc2c1COC2. The zero-order chi connectivity index (χ0) is 19.0. The molecule has 0 saturated carbocycles. The molecule has 0 N–H and O–H groups in total. The van der Waals surface area contributed by atoms with Crippen LogP contribution >= 0.6 is 11.6 Å². The van der Waals surface area contributed by atoms with Gasteiger partial charge in [0.1, 0.15) is 5.75 Å². The smallest absolute Gasteiger partial charge is 0.229 e. The first-order valence-electron chi connectivity index (χ1n) is 8.48. The third kappa shape index (κ3) is 3.37. The van der Waals surface area contributed by atoms with Gasteiger partial charge in [-0.05, 0) is 72.0 Å². The summed E-state index contributed by atoms with van der Waals surface area (Å²) >= 11 is 6.02. The van der Waals surface area contributed by atoms with Crippen LogP contribution in [-0.2, 0) is 18.0 Å². The summed E-state index contributed by atoms with van der Waals surface area (Å²) in [7, 11) is 0. The largest absolute Gasteiger partial charge is 0.438 e. The number of ether oxygens (including phenoxy) is 2. The summed E-state index contributed by atoms with van der Waals surface area (Å²) in [6, 6.07) is 13.8. The zero-order valence-electron chi connectivity index (χ0n) is 14.9. The standard InChI is InChI=1S/C21H16ClN3O2/c1-12-7-16(15-5-3-14(9-23)4-6-15)8-13(2)19(12)27-20-17-10-26-11-18(17)24-21(22)25-20/h3-8H,10-11H2,1-2H3. The maximum atomic E-state index is 8.95. The van der Waals surface area contributed by atoms with Crippen LogP contribution < -0.4 is 4.74 Å². The van der Waals surface area contributed by atoms with E-state index in [0.717, 1.165) is 39.3 Å². The first kappa shape index (κ1) is 17.5. The van der Waals surface area contributed by atoms with Crippen molar-refractivity contribution in [2.45, 2.75) is 27.1 Å². The van der Waals surface area contributed by atoms with Gasteiger partial charge in [-0.25, -0.2) is 4.98 Å². The number of aromatic nitrogens is 2. The number of nitrogens with zero attached hydrogens (tertiary/aromatic N) is 3. The van der Waals surface area contributed by atoms with Crippen LogP contribution in [0.15, 0.2) is 36.4 Å². The van der Waals surface area contributed by atoms with Gasteiger partial charge in [0, 0.05) is 0 Å². The van der Waals surface area contributed by atoms with Crippen LogP contribution in [0.1, 0.15) is 27.9 Å². The highest BCUT2D eigenvalue weighted by molar-refractivity contribution is 6.28. The van der Waals surface area contributed by atoms with Crippen LogP contribution in [0.4, 0.5) is 0 Å². The topological polar surface area (TPSA) is 68.0 Å². The Labute approximate surface area is 162 Å². The third-order valence-corrected chi connectivity index (χ3v) is 4.69. The maximum Gasteiger partial charge on any atom is 0.229 e. The molecule has 5 nitrogen and oxygen atoms in total. The van der Waals surface area contributed by atoms with Gasteiger partial charge < -0.3 is 9.47 Å². The molecule has 6 heteroatoms. The Morgan fingerprint density at radius 3 is 2.41 bits per heavy atom. The predicted molar refractivity (Wildman–Crippen MR) is 102 cm³/mol. The second kappa shape index (κ2) is 6.99. The lowest BCUT2D eigenvalue weighted by molar-refractivity contribution is 0.132. The molecule has 1 aromatic heterocycles. The minimum absolute atomic E-state index is 0.152. The van der Waals surface area contributed by atoms with Crippen molar-refractivity contribution in [1.29, 1.82) is 5.26 Å². The predicted octanol–water partition coefficient (Wildman–Crippen LogP) is 5.11. The number of hydrogen-bond acceptors (Lipinski definition) is 5. The molecule has 3 aromatic rings. The van der Waals surface area contributed by atoms with Gasteiger partial charge in [0.25, 0.3) is 0 Å². The lowest BCUT2D eigenvalue weighted by atomic mass is 9.99. The molecule has 0 spiro atoms. The fraction of sp³-hybridized carbons (Fsp3) is 0.190. The summed E-state index contributed by atoms with van der Waals surface area (Å²) in [5.41, 5.74) is 6.34. The van der Waals surface area contributed by atoms with E-state index < -0.39 is 0 Å². The molecule has 1 aliphatic rings. The summed E-state index contributed by atoms with van der Waals surface area (Å²) in [5.74, 6) is 1.19. The Morgan fingerprint density at radius 1 is 1.04 bits per heavy atom. The number of halogens is 1. The highest BCUT2D eigenvalue weighted by Gasteiger charge is 2.22. The van der Waals surface area contributed by atoms with Gasteiger partial charge >= 0.3 is 0 Å². The molecule has 1 aliphatic heterocycles. The fourth-order valence-corrected chi connectivity index (χ4v) is 3.37. The van der Waals surface area contributed by atoms with Crippen LogP contribution in [-0.4, -0.2) is 9.97 Å². The molecule has 134 valence electrons. The van der Waals surface area contributed by atoms with E-state index in [1.165, 1.54) is 0 Å². The molecule has 27 heavy (non-hydrogen) atoms. The van der Waals surface area contributed by atoms with Crippen molar-refractivity contribution in [2.75, 3.05) is 0 Å². The first-order valence-corrected chi connectivity index (χ1v) is 8.85. The second-order valence-electron chi connectivity index (χ2n) is 6.45. The van der Waals surface area contributed by atoms with E-state index >= 15 is 0 Å². The molecule has 2 heterocycles. The summed E-state index contributed by atoms with van der Waals surface area (Å²) in [6.45, 7) is 4.83. The lowest BCUT2D eigenvalue weighted by Crippen LogP contribution is -2.00. The third-order valence-electron chi connectivity index (χ3n) is 4.52. The van der Waals surface area contributed by atoms with E-state index in [1.54, 1.807) is 0 Å². The van der Waals surface area contributed by atoms with Crippen LogP contribution in [0.2, 0.25) is 5.28 Å². The Kier molecular flexibility index (Phi) is 4.53. The Balaban J connectivity index is 1.70. The van der Waals surface area contributed by atoms with Crippen LogP contribution in [0.5, 0.6) is 11.6 Å². The van der Waals surface area contributed by atoms with Crippen LogP contribution in [0.3, 0.4) is 0 Å². The van der Waals surface area contributed by atoms with Crippen molar-refractivity contribution < 1.29 is 9.47 Å². The Morgan fingerprint density at radius 2 is 1.74 bits per heavy atom. The normalized spacial score (nSPS) is 12.5. The highest BCUT2D eigenvalue weighted by Crippen LogP contribution is 2.36. The molecule has 0 saturated heterocycles. The number of aryl methyl sites for hydroxylation is 2. The van der Waals surface area contributed by atoms with Crippen molar-refractivity contribution >= 4 is 11.6 Å². The molecular weight excluding hydrogens is 362 g/mol. The molecule has 0 unspecified atom stereocenters. The van der Waals surface area contributed by atoms with Crippen molar-refractivity contribution in [3.8, 4) is 28.8 Å². The molecule has 4 rings (SSSR count). The van der Waals surface area contributed by atoms with Crippen molar-refractivity contribution in [3.05, 3.63) is 69.6 Å². The van der Waals surface area contributed by atoms with E-state index in [-0.39, 0.29) is 5.28 Å². The first-order chi connectivity index (χ1) is 13.0. The van der Waals surface area contributed by atoms with Crippen LogP contribution in [0, 0.1) is 25.2 Å². The minimum Gasteiger partial charge on any atom is -0.438 e.